The zero-order chi connectivity index (χ0) is 19.6. The van der Waals surface area contributed by atoms with E-state index in [0.717, 1.165) is 10.6 Å². The van der Waals surface area contributed by atoms with Crippen molar-refractivity contribution in [2.45, 2.75) is 13.5 Å². The summed E-state index contributed by atoms with van der Waals surface area (Å²) in [5, 5.41) is 3.18. The molecule has 0 saturated carbocycles. The van der Waals surface area contributed by atoms with Gasteiger partial charge in [-0.05, 0) is 53.2 Å². The molecule has 6 nitrogen and oxygen atoms in total. The fourth-order valence-corrected chi connectivity index (χ4v) is 3.46. The first-order chi connectivity index (χ1) is 12.9. The molecule has 1 amide bonds. The van der Waals surface area contributed by atoms with Crippen LogP contribution in [0.4, 0.5) is 10.1 Å². The lowest BCUT2D eigenvalue weighted by molar-refractivity contribution is -0.116. The van der Waals surface area contributed by atoms with Crippen molar-refractivity contribution in [2.75, 3.05) is 11.9 Å². The quantitative estimate of drug-likeness (QED) is 0.633. The van der Waals surface area contributed by atoms with Gasteiger partial charge in [0.25, 0.3) is 5.56 Å². The van der Waals surface area contributed by atoms with Crippen LogP contribution in [0.2, 0.25) is 5.02 Å². The Labute approximate surface area is 167 Å². The van der Waals surface area contributed by atoms with Crippen LogP contribution in [0.25, 0.3) is 10.9 Å². The number of ether oxygens (including phenoxy) is 1. The minimum Gasteiger partial charge on any atom is -0.491 e. The second-order valence-corrected chi connectivity index (χ2v) is 6.88. The maximum atomic E-state index is 13.4. The number of nitrogens with zero attached hydrogens (tertiary/aromatic N) is 2. The molecule has 2 aromatic carbocycles. The van der Waals surface area contributed by atoms with Crippen LogP contribution in [-0.4, -0.2) is 22.1 Å². The van der Waals surface area contributed by atoms with E-state index < -0.39 is 17.3 Å². The highest BCUT2D eigenvalue weighted by Crippen LogP contribution is 2.36. The molecule has 0 spiro atoms. The largest absolute Gasteiger partial charge is 0.491 e. The van der Waals surface area contributed by atoms with E-state index in [0.29, 0.717) is 33.1 Å². The molecule has 1 heterocycles. The van der Waals surface area contributed by atoms with Crippen molar-refractivity contribution in [3.63, 3.8) is 0 Å². The van der Waals surface area contributed by atoms with Crippen molar-refractivity contribution >= 4 is 50.0 Å². The average Bonchev–Trinajstić information content (AvgIpc) is 2.61. The van der Waals surface area contributed by atoms with Crippen LogP contribution in [0, 0.1) is 5.82 Å². The summed E-state index contributed by atoms with van der Waals surface area (Å²) in [5.41, 5.74) is 0.219. The molecule has 9 heteroatoms. The normalized spacial score (nSPS) is 10.8. The number of hydrogen-bond donors (Lipinski definition) is 1. The van der Waals surface area contributed by atoms with E-state index in [1.807, 2.05) is 6.92 Å². The Bertz CT molecular complexity index is 1090. The Morgan fingerprint density at radius 1 is 1.37 bits per heavy atom. The van der Waals surface area contributed by atoms with Gasteiger partial charge < -0.3 is 10.1 Å². The predicted octanol–water partition coefficient (Wildman–Crippen LogP) is 3.99. The number of rotatable bonds is 5. The third-order valence-electron chi connectivity index (χ3n) is 3.67. The number of aromatic nitrogens is 2. The monoisotopic (exact) mass is 453 g/mol. The van der Waals surface area contributed by atoms with Crippen molar-refractivity contribution in [3.8, 4) is 5.75 Å². The molecule has 0 bridgehead atoms. The Kier molecular flexibility index (Phi) is 5.76. The molecule has 27 heavy (non-hydrogen) atoms. The SMILES string of the molecule is CCOc1c(Br)cc(Cl)cc1NC(=O)Cn1cnc2ccc(F)cc2c1=O. The standard InChI is InChI=1S/C18H14BrClFN3O3/c1-2-27-17-13(19)5-10(20)6-15(17)23-16(25)8-24-9-22-14-4-3-11(21)7-12(14)18(24)26/h3-7,9H,2,8H2,1H3,(H,23,25). The third kappa shape index (κ3) is 4.28. The zero-order valence-electron chi connectivity index (χ0n) is 14.1. The number of fused-ring (bicyclic) bond motifs is 1. The second-order valence-electron chi connectivity index (χ2n) is 5.58. The Morgan fingerprint density at radius 2 is 2.15 bits per heavy atom. The van der Waals surface area contributed by atoms with Gasteiger partial charge in [-0.2, -0.15) is 0 Å². The molecular formula is C18H14BrClFN3O3. The highest BCUT2D eigenvalue weighted by Gasteiger charge is 2.14. The lowest BCUT2D eigenvalue weighted by atomic mass is 10.2. The number of anilines is 1. The van der Waals surface area contributed by atoms with E-state index in [4.69, 9.17) is 16.3 Å². The minimum absolute atomic E-state index is 0.103. The maximum absolute atomic E-state index is 13.4. The number of amides is 1. The first kappa shape index (κ1) is 19.3. The van der Waals surface area contributed by atoms with Gasteiger partial charge >= 0.3 is 0 Å². The lowest BCUT2D eigenvalue weighted by Gasteiger charge is -2.14. The Morgan fingerprint density at radius 3 is 2.89 bits per heavy atom. The molecule has 140 valence electrons. The summed E-state index contributed by atoms with van der Waals surface area (Å²) in [6.07, 6.45) is 1.25. The van der Waals surface area contributed by atoms with Gasteiger partial charge in [-0.3, -0.25) is 14.2 Å². The van der Waals surface area contributed by atoms with Crippen LogP contribution in [0.5, 0.6) is 5.75 Å². The molecule has 0 radical (unpaired) electrons. The summed E-state index contributed by atoms with van der Waals surface area (Å²) in [6.45, 7) is 1.91. The zero-order valence-corrected chi connectivity index (χ0v) is 16.5. The van der Waals surface area contributed by atoms with Crippen LogP contribution in [0.3, 0.4) is 0 Å². The molecule has 0 aliphatic rings. The van der Waals surface area contributed by atoms with E-state index in [9.17, 15) is 14.0 Å². The fourth-order valence-electron chi connectivity index (χ4n) is 2.53. The highest BCUT2D eigenvalue weighted by atomic mass is 79.9. The van der Waals surface area contributed by atoms with Gasteiger partial charge in [0.2, 0.25) is 5.91 Å². The van der Waals surface area contributed by atoms with Crippen molar-refractivity contribution in [2.24, 2.45) is 0 Å². The average molecular weight is 455 g/mol. The summed E-state index contributed by atoms with van der Waals surface area (Å²) >= 11 is 9.37. The summed E-state index contributed by atoms with van der Waals surface area (Å²) < 4.78 is 20.6. The minimum atomic E-state index is -0.547. The molecule has 1 N–H and O–H groups in total. The highest BCUT2D eigenvalue weighted by molar-refractivity contribution is 9.10. The van der Waals surface area contributed by atoms with Gasteiger partial charge in [0.05, 0.1) is 34.0 Å². The van der Waals surface area contributed by atoms with Crippen LogP contribution < -0.4 is 15.6 Å². The van der Waals surface area contributed by atoms with E-state index in [1.165, 1.54) is 18.5 Å². The van der Waals surface area contributed by atoms with E-state index in [2.05, 4.69) is 26.2 Å². The van der Waals surface area contributed by atoms with Crippen LogP contribution in [0.1, 0.15) is 6.92 Å². The van der Waals surface area contributed by atoms with Gasteiger partial charge in [0.15, 0.2) is 5.75 Å². The smallest absolute Gasteiger partial charge is 0.261 e. The van der Waals surface area contributed by atoms with Crippen molar-refractivity contribution < 1.29 is 13.9 Å². The first-order valence-corrected chi connectivity index (χ1v) is 9.12. The third-order valence-corrected chi connectivity index (χ3v) is 4.48. The van der Waals surface area contributed by atoms with Gasteiger partial charge in [-0.1, -0.05) is 11.6 Å². The number of hydrogen-bond acceptors (Lipinski definition) is 4. The summed E-state index contributed by atoms with van der Waals surface area (Å²) in [5.74, 6) is -0.597. The molecular weight excluding hydrogens is 441 g/mol. The Balaban J connectivity index is 1.88. The van der Waals surface area contributed by atoms with Gasteiger partial charge in [-0.15, -0.1) is 0 Å². The molecule has 1 aromatic heterocycles. The molecule has 0 fully saturated rings. The summed E-state index contributed by atoms with van der Waals surface area (Å²) in [6, 6.07) is 6.92. The Hall–Kier alpha value is -2.45. The van der Waals surface area contributed by atoms with Crippen LogP contribution in [0.15, 0.2) is 45.9 Å². The molecule has 0 atom stereocenters. The van der Waals surface area contributed by atoms with E-state index in [1.54, 1.807) is 12.1 Å². The number of carbonyl (C=O) groups is 1. The number of nitrogens with one attached hydrogen (secondary N) is 1. The van der Waals surface area contributed by atoms with Gasteiger partial charge in [0.1, 0.15) is 12.4 Å². The van der Waals surface area contributed by atoms with E-state index >= 15 is 0 Å². The lowest BCUT2D eigenvalue weighted by Crippen LogP contribution is -2.28. The van der Waals surface area contributed by atoms with Crippen LogP contribution >= 0.6 is 27.5 Å². The van der Waals surface area contributed by atoms with Crippen molar-refractivity contribution in [3.05, 3.63) is 62.3 Å². The predicted molar refractivity (Wildman–Crippen MR) is 105 cm³/mol. The van der Waals surface area contributed by atoms with E-state index in [-0.39, 0.29) is 11.9 Å². The first-order valence-electron chi connectivity index (χ1n) is 7.95. The number of halogens is 3. The molecule has 0 aliphatic heterocycles. The number of benzene rings is 2. The molecule has 0 saturated heterocycles. The van der Waals surface area contributed by atoms with Crippen LogP contribution in [-0.2, 0) is 11.3 Å². The number of carbonyl (C=O) groups excluding carboxylic acids is 1. The molecule has 0 unspecified atom stereocenters. The van der Waals surface area contributed by atoms with Gasteiger partial charge in [0, 0.05) is 5.02 Å². The maximum Gasteiger partial charge on any atom is 0.261 e. The van der Waals surface area contributed by atoms with Gasteiger partial charge in [-0.25, -0.2) is 9.37 Å². The van der Waals surface area contributed by atoms with Crippen molar-refractivity contribution in [1.82, 2.24) is 9.55 Å². The molecule has 3 rings (SSSR count). The second kappa shape index (κ2) is 8.06. The fraction of sp³-hybridized carbons (Fsp3) is 0.167. The molecule has 0 aliphatic carbocycles. The van der Waals surface area contributed by atoms with Crippen molar-refractivity contribution in [1.29, 1.82) is 0 Å². The summed E-state index contributed by atoms with van der Waals surface area (Å²) in [7, 11) is 0. The topological polar surface area (TPSA) is 73.2 Å². The summed E-state index contributed by atoms with van der Waals surface area (Å²) in [4.78, 5) is 29.0. The molecule has 3 aromatic rings.